The molecular weight excluding hydrogens is 318 g/mol. The Morgan fingerprint density at radius 3 is 2.60 bits per heavy atom. The second kappa shape index (κ2) is 7.17. The highest BCUT2D eigenvalue weighted by Crippen LogP contribution is 2.12. The number of methoxy groups -OCH3 is 1. The summed E-state index contributed by atoms with van der Waals surface area (Å²) in [6.45, 7) is 0.200. The number of hydrogen-bond donors (Lipinski definition) is 1. The molecule has 1 N–H and O–H groups in total. The van der Waals surface area contributed by atoms with E-state index < -0.39 is 0 Å². The zero-order chi connectivity index (χ0) is 17.8. The van der Waals surface area contributed by atoms with Gasteiger partial charge in [-0.15, -0.1) is 0 Å². The minimum absolute atomic E-state index is 0.120. The van der Waals surface area contributed by atoms with E-state index in [4.69, 9.17) is 4.74 Å². The molecule has 0 saturated heterocycles. The predicted molar refractivity (Wildman–Crippen MR) is 95.5 cm³/mol. The number of aromatic nitrogens is 2. The van der Waals surface area contributed by atoms with E-state index in [0.717, 1.165) is 11.3 Å². The van der Waals surface area contributed by atoms with Crippen LogP contribution in [0.15, 0.2) is 53.3 Å². The van der Waals surface area contributed by atoms with Crippen LogP contribution in [0.25, 0.3) is 10.9 Å². The van der Waals surface area contributed by atoms with E-state index in [0.29, 0.717) is 16.7 Å². The fourth-order valence-electron chi connectivity index (χ4n) is 2.59. The van der Waals surface area contributed by atoms with Gasteiger partial charge < -0.3 is 10.1 Å². The average molecular weight is 337 g/mol. The Labute approximate surface area is 145 Å². The number of nitrogens with zero attached hydrogens (tertiary/aromatic N) is 2. The van der Waals surface area contributed by atoms with Crippen LogP contribution < -0.4 is 15.6 Å². The van der Waals surface area contributed by atoms with Crippen LogP contribution in [-0.4, -0.2) is 22.6 Å². The van der Waals surface area contributed by atoms with Crippen molar-refractivity contribution in [1.29, 1.82) is 0 Å². The number of hydrogen-bond acceptors (Lipinski definition) is 4. The maximum absolute atomic E-state index is 12.3. The number of carbonyl (C=O) groups excluding carboxylic acids is 1. The van der Waals surface area contributed by atoms with Gasteiger partial charge in [0.1, 0.15) is 11.6 Å². The molecule has 1 heterocycles. The van der Waals surface area contributed by atoms with Crippen molar-refractivity contribution in [1.82, 2.24) is 14.9 Å². The van der Waals surface area contributed by atoms with Crippen LogP contribution in [-0.2, 0) is 24.8 Å². The molecular formula is C19H19N3O3. The first kappa shape index (κ1) is 16.7. The molecule has 3 rings (SSSR count). The van der Waals surface area contributed by atoms with Gasteiger partial charge in [0, 0.05) is 7.05 Å². The van der Waals surface area contributed by atoms with E-state index in [2.05, 4.69) is 10.3 Å². The van der Waals surface area contributed by atoms with Crippen LogP contribution in [0.5, 0.6) is 5.75 Å². The first-order valence-corrected chi connectivity index (χ1v) is 7.93. The molecule has 1 aromatic heterocycles. The fraction of sp³-hybridized carbons (Fsp3) is 0.211. The third kappa shape index (κ3) is 3.68. The number of rotatable bonds is 5. The van der Waals surface area contributed by atoms with Gasteiger partial charge in [-0.3, -0.25) is 14.2 Å². The summed E-state index contributed by atoms with van der Waals surface area (Å²) in [7, 11) is 3.26. The average Bonchev–Trinajstić information content (AvgIpc) is 2.64. The Balaban J connectivity index is 1.70. The normalized spacial score (nSPS) is 10.6. The molecule has 0 aliphatic heterocycles. The lowest BCUT2D eigenvalue weighted by Crippen LogP contribution is -2.30. The standard InChI is InChI=1S/C19H19N3O3/c1-22-17(21-16-6-4-3-5-15(16)19(22)24)12-20-18(23)11-13-7-9-14(25-2)10-8-13/h3-10H,11-12H2,1-2H3,(H,20,23). The number of para-hydroxylation sites is 1. The van der Waals surface area contributed by atoms with Crippen LogP contribution in [0, 0.1) is 0 Å². The minimum Gasteiger partial charge on any atom is -0.497 e. The Morgan fingerprint density at radius 1 is 1.16 bits per heavy atom. The van der Waals surface area contributed by atoms with Gasteiger partial charge in [0.25, 0.3) is 5.56 Å². The van der Waals surface area contributed by atoms with Crippen molar-refractivity contribution in [3.63, 3.8) is 0 Å². The summed E-state index contributed by atoms with van der Waals surface area (Å²) >= 11 is 0. The molecule has 3 aromatic rings. The summed E-state index contributed by atoms with van der Waals surface area (Å²) < 4.78 is 6.57. The van der Waals surface area contributed by atoms with Crippen molar-refractivity contribution in [2.24, 2.45) is 7.05 Å². The first-order chi connectivity index (χ1) is 12.1. The molecule has 0 atom stereocenters. The molecule has 6 nitrogen and oxygen atoms in total. The van der Waals surface area contributed by atoms with E-state index in [-0.39, 0.29) is 24.4 Å². The van der Waals surface area contributed by atoms with Crippen LogP contribution in [0.4, 0.5) is 0 Å². The van der Waals surface area contributed by atoms with Crippen molar-refractivity contribution in [3.05, 3.63) is 70.3 Å². The zero-order valence-electron chi connectivity index (χ0n) is 14.2. The van der Waals surface area contributed by atoms with Crippen molar-refractivity contribution < 1.29 is 9.53 Å². The third-order valence-electron chi connectivity index (χ3n) is 4.04. The Bertz CT molecular complexity index is 962. The molecule has 0 aliphatic rings. The maximum atomic E-state index is 12.3. The van der Waals surface area contributed by atoms with E-state index >= 15 is 0 Å². The van der Waals surface area contributed by atoms with E-state index in [1.807, 2.05) is 36.4 Å². The highest BCUT2D eigenvalue weighted by molar-refractivity contribution is 5.79. The number of ether oxygens (including phenoxy) is 1. The highest BCUT2D eigenvalue weighted by Gasteiger charge is 2.09. The highest BCUT2D eigenvalue weighted by atomic mass is 16.5. The molecule has 0 saturated carbocycles. The summed E-state index contributed by atoms with van der Waals surface area (Å²) in [6, 6.07) is 14.5. The molecule has 25 heavy (non-hydrogen) atoms. The first-order valence-electron chi connectivity index (χ1n) is 7.93. The number of benzene rings is 2. The fourth-order valence-corrected chi connectivity index (χ4v) is 2.59. The van der Waals surface area contributed by atoms with Gasteiger partial charge >= 0.3 is 0 Å². The van der Waals surface area contributed by atoms with Crippen molar-refractivity contribution in [2.75, 3.05) is 7.11 Å². The second-order valence-corrected chi connectivity index (χ2v) is 5.71. The van der Waals surface area contributed by atoms with E-state index in [1.54, 1.807) is 26.3 Å². The second-order valence-electron chi connectivity index (χ2n) is 5.71. The summed E-state index contributed by atoms with van der Waals surface area (Å²) in [4.78, 5) is 29.0. The molecule has 0 spiro atoms. The van der Waals surface area contributed by atoms with Crippen LogP contribution in [0.3, 0.4) is 0 Å². The summed E-state index contributed by atoms with van der Waals surface area (Å²) in [5, 5.41) is 3.38. The maximum Gasteiger partial charge on any atom is 0.261 e. The van der Waals surface area contributed by atoms with Gasteiger partial charge in [-0.05, 0) is 29.8 Å². The molecule has 128 valence electrons. The van der Waals surface area contributed by atoms with Gasteiger partial charge in [0.15, 0.2) is 0 Å². The van der Waals surface area contributed by atoms with Crippen molar-refractivity contribution in [2.45, 2.75) is 13.0 Å². The molecule has 6 heteroatoms. The topological polar surface area (TPSA) is 73.2 Å². The summed E-state index contributed by atoms with van der Waals surface area (Å²) in [5.41, 5.74) is 1.40. The van der Waals surface area contributed by atoms with Crippen molar-refractivity contribution >= 4 is 16.8 Å². The lowest BCUT2D eigenvalue weighted by molar-refractivity contribution is -0.120. The molecule has 0 fully saturated rings. The van der Waals surface area contributed by atoms with Gasteiger partial charge in [-0.25, -0.2) is 4.98 Å². The monoisotopic (exact) mass is 337 g/mol. The summed E-state index contributed by atoms with van der Waals surface area (Å²) in [6.07, 6.45) is 0.255. The molecule has 0 bridgehead atoms. The Hall–Kier alpha value is -3.15. The molecule has 0 aliphatic carbocycles. The Kier molecular flexibility index (Phi) is 4.79. The van der Waals surface area contributed by atoms with Gasteiger partial charge in [0.05, 0.1) is 31.0 Å². The van der Waals surface area contributed by atoms with Crippen molar-refractivity contribution in [3.8, 4) is 5.75 Å². The van der Waals surface area contributed by atoms with Crippen LogP contribution in [0.2, 0.25) is 0 Å². The van der Waals surface area contributed by atoms with Crippen LogP contribution in [0.1, 0.15) is 11.4 Å². The lowest BCUT2D eigenvalue weighted by Gasteiger charge is -2.10. The number of fused-ring (bicyclic) bond motifs is 1. The molecule has 1 amide bonds. The quantitative estimate of drug-likeness (QED) is 0.770. The number of nitrogens with one attached hydrogen (secondary N) is 1. The molecule has 0 radical (unpaired) electrons. The lowest BCUT2D eigenvalue weighted by atomic mass is 10.1. The predicted octanol–water partition coefficient (Wildman–Crippen LogP) is 1.80. The molecule has 0 unspecified atom stereocenters. The zero-order valence-corrected chi connectivity index (χ0v) is 14.2. The van der Waals surface area contributed by atoms with Gasteiger partial charge in [0.2, 0.25) is 5.91 Å². The number of amides is 1. The number of carbonyl (C=O) groups is 1. The smallest absolute Gasteiger partial charge is 0.261 e. The summed E-state index contributed by atoms with van der Waals surface area (Å²) in [5.74, 6) is 1.14. The minimum atomic E-state index is -0.132. The largest absolute Gasteiger partial charge is 0.497 e. The van der Waals surface area contributed by atoms with Crippen LogP contribution >= 0.6 is 0 Å². The van der Waals surface area contributed by atoms with E-state index in [9.17, 15) is 9.59 Å². The molecule has 2 aromatic carbocycles. The Morgan fingerprint density at radius 2 is 1.88 bits per heavy atom. The van der Waals surface area contributed by atoms with Gasteiger partial charge in [-0.2, -0.15) is 0 Å². The third-order valence-corrected chi connectivity index (χ3v) is 4.04. The van der Waals surface area contributed by atoms with Gasteiger partial charge in [-0.1, -0.05) is 24.3 Å². The van der Waals surface area contributed by atoms with E-state index in [1.165, 1.54) is 4.57 Å². The SMILES string of the molecule is COc1ccc(CC(=O)NCc2nc3ccccc3c(=O)n2C)cc1.